The van der Waals surface area contributed by atoms with Gasteiger partial charge in [-0.3, -0.25) is 4.79 Å². The summed E-state index contributed by atoms with van der Waals surface area (Å²) in [4.78, 5) is 22.1. The van der Waals surface area contributed by atoms with Crippen molar-refractivity contribution >= 4 is 27.4 Å². The number of carbonyl (C=O) groups is 1. The van der Waals surface area contributed by atoms with E-state index < -0.39 is 38.0 Å². The largest absolute Gasteiger partial charge is 0.419 e. The number of amides is 1. The first-order valence-corrected chi connectivity index (χ1v) is 10.2. The molecule has 0 atom stereocenters. The van der Waals surface area contributed by atoms with Crippen molar-refractivity contribution in [3.8, 4) is 0 Å². The van der Waals surface area contributed by atoms with Crippen LogP contribution >= 0.6 is 0 Å². The zero-order valence-electron chi connectivity index (χ0n) is 15.7. The van der Waals surface area contributed by atoms with Crippen molar-refractivity contribution < 1.29 is 26.4 Å². The molecule has 2 aromatic heterocycles. The highest BCUT2D eigenvalue weighted by Crippen LogP contribution is 2.34. The number of aromatic nitrogens is 2. The van der Waals surface area contributed by atoms with E-state index in [1.165, 1.54) is 6.07 Å². The van der Waals surface area contributed by atoms with E-state index in [0.717, 1.165) is 57.9 Å². The number of carbonyl (C=O) groups excluding carboxylic acids is 1. The lowest BCUT2D eigenvalue weighted by Gasteiger charge is -2.32. The number of hydrogen-bond acceptors (Lipinski definition) is 6. The lowest BCUT2D eigenvalue weighted by atomic mass is 10.2. The van der Waals surface area contributed by atoms with E-state index in [0.29, 0.717) is 5.82 Å². The minimum Gasteiger partial charge on any atom is -0.356 e. The normalized spacial score (nSPS) is 15.0. The molecule has 1 saturated heterocycles. The average Bonchev–Trinajstić information content (AvgIpc) is 2.60. The van der Waals surface area contributed by atoms with Crippen molar-refractivity contribution in [2.45, 2.75) is 36.1 Å². The predicted molar refractivity (Wildman–Crippen MR) is 100 cm³/mol. The van der Waals surface area contributed by atoms with Gasteiger partial charge in [0.25, 0.3) is 0 Å². The Morgan fingerprint density at radius 2 is 1.83 bits per heavy atom. The molecule has 156 valence electrons. The van der Waals surface area contributed by atoms with Crippen LogP contribution in [-0.2, 0) is 20.8 Å². The van der Waals surface area contributed by atoms with Gasteiger partial charge >= 0.3 is 6.18 Å². The van der Waals surface area contributed by atoms with Gasteiger partial charge < -0.3 is 10.2 Å². The highest BCUT2D eigenvalue weighted by Gasteiger charge is 2.44. The highest BCUT2D eigenvalue weighted by molar-refractivity contribution is 7.93. The summed E-state index contributed by atoms with van der Waals surface area (Å²) in [6.07, 6.45) is -1.50. The van der Waals surface area contributed by atoms with Crippen LogP contribution in [0.4, 0.5) is 24.8 Å². The molecule has 1 aliphatic rings. The molecule has 0 bridgehead atoms. The summed E-state index contributed by atoms with van der Waals surface area (Å²) in [5.74, 6) is -1.26. The van der Waals surface area contributed by atoms with Gasteiger partial charge in [0.2, 0.25) is 5.91 Å². The summed E-state index contributed by atoms with van der Waals surface area (Å²) >= 11 is 0. The Morgan fingerprint density at radius 1 is 1.14 bits per heavy atom. The highest BCUT2D eigenvalue weighted by atomic mass is 32.2. The van der Waals surface area contributed by atoms with Crippen molar-refractivity contribution in [3.63, 3.8) is 0 Å². The topological polar surface area (TPSA) is 92.3 Å². The van der Waals surface area contributed by atoms with E-state index in [1.807, 2.05) is 10.2 Å². The van der Waals surface area contributed by atoms with Gasteiger partial charge in [-0.1, -0.05) is 0 Å². The molecule has 1 N–H and O–H groups in total. The predicted octanol–water partition coefficient (Wildman–Crippen LogP) is 2.90. The zero-order valence-corrected chi connectivity index (χ0v) is 16.5. The molecule has 0 saturated carbocycles. The molecule has 11 heteroatoms. The number of nitrogens with zero attached hydrogens (tertiary/aromatic N) is 3. The molecule has 7 nitrogen and oxygen atoms in total. The molecule has 0 spiro atoms. The molecule has 3 heterocycles. The molecule has 2 aromatic rings. The first kappa shape index (κ1) is 21.0. The summed E-state index contributed by atoms with van der Waals surface area (Å²) in [5.41, 5.74) is -1.16. The first-order chi connectivity index (χ1) is 13.4. The van der Waals surface area contributed by atoms with Gasteiger partial charge in [0.1, 0.15) is 16.4 Å². The van der Waals surface area contributed by atoms with Crippen molar-refractivity contribution in [2.75, 3.05) is 23.3 Å². The minimum absolute atomic E-state index is 0.195. The third kappa shape index (κ3) is 3.91. The molecule has 29 heavy (non-hydrogen) atoms. The van der Waals surface area contributed by atoms with Crippen LogP contribution in [0.5, 0.6) is 0 Å². The summed E-state index contributed by atoms with van der Waals surface area (Å²) in [6, 6.07) is 4.71. The average molecular weight is 428 g/mol. The van der Waals surface area contributed by atoms with Crippen molar-refractivity contribution in [1.82, 2.24) is 9.97 Å². The van der Waals surface area contributed by atoms with Gasteiger partial charge in [-0.2, -0.15) is 13.2 Å². The first-order valence-electron chi connectivity index (χ1n) is 8.74. The number of sulfone groups is 1. The molecular formula is C18H19F3N4O3S. The van der Waals surface area contributed by atoms with E-state index in [9.17, 15) is 26.4 Å². The molecule has 0 aromatic carbocycles. The standard InChI is InChI=1S/C18H19F3N4O3S/c1-17(2,16(26)24-15-13(18(19,20)21)5-3-8-22-15)29(27,28)12-6-7-14(23-11-12)25-9-4-10-25/h3,5-8,11H,4,9-10H2,1-2H3,(H,22,24,26). The zero-order chi connectivity index (χ0) is 21.4. The summed E-state index contributed by atoms with van der Waals surface area (Å²) < 4.78 is 63.2. The van der Waals surface area contributed by atoms with Crippen LogP contribution in [0.3, 0.4) is 0 Å². The molecule has 1 aliphatic heterocycles. The Labute approximate surface area is 165 Å². The Hall–Kier alpha value is -2.69. The molecular weight excluding hydrogens is 409 g/mol. The maximum atomic E-state index is 13.1. The summed E-state index contributed by atoms with van der Waals surface area (Å²) in [5, 5.41) is 2.00. The van der Waals surface area contributed by atoms with E-state index in [1.54, 1.807) is 6.07 Å². The van der Waals surface area contributed by atoms with Gasteiger partial charge in [-0.15, -0.1) is 0 Å². The quantitative estimate of drug-likeness (QED) is 0.787. The van der Waals surface area contributed by atoms with E-state index in [2.05, 4.69) is 9.97 Å². The number of hydrogen-bond donors (Lipinski definition) is 1. The number of alkyl halides is 3. The smallest absolute Gasteiger partial charge is 0.356 e. The lowest BCUT2D eigenvalue weighted by molar-refractivity contribution is -0.137. The number of anilines is 2. The minimum atomic E-state index is -4.75. The molecule has 0 aliphatic carbocycles. The monoisotopic (exact) mass is 428 g/mol. The second-order valence-electron chi connectivity index (χ2n) is 7.06. The fraction of sp³-hybridized carbons (Fsp3) is 0.389. The fourth-order valence-electron chi connectivity index (χ4n) is 2.67. The van der Waals surface area contributed by atoms with Crippen LogP contribution in [0.15, 0.2) is 41.6 Å². The second-order valence-corrected chi connectivity index (χ2v) is 9.56. The number of halogens is 3. The van der Waals surface area contributed by atoms with Gasteiger partial charge in [0.05, 0.1) is 10.5 Å². The number of pyridine rings is 2. The van der Waals surface area contributed by atoms with Crippen molar-refractivity contribution in [3.05, 3.63) is 42.2 Å². The van der Waals surface area contributed by atoms with E-state index in [-0.39, 0.29) is 4.90 Å². The van der Waals surface area contributed by atoms with Crippen LogP contribution in [0, 0.1) is 0 Å². The van der Waals surface area contributed by atoms with Gasteiger partial charge in [0, 0.05) is 25.5 Å². The number of rotatable bonds is 5. The van der Waals surface area contributed by atoms with Crippen LogP contribution in [0.2, 0.25) is 0 Å². The lowest BCUT2D eigenvalue weighted by Crippen LogP contribution is -2.45. The maximum absolute atomic E-state index is 13.1. The van der Waals surface area contributed by atoms with Crippen LogP contribution in [0.1, 0.15) is 25.8 Å². The SMILES string of the molecule is CC(C)(C(=O)Nc1ncccc1C(F)(F)F)S(=O)(=O)c1ccc(N2CCC2)nc1. The molecule has 0 radical (unpaired) electrons. The summed E-state index contributed by atoms with van der Waals surface area (Å²) in [7, 11) is -4.24. The van der Waals surface area contributed by atoms with Gasteiger partial charge in [0.15, 0.2) is 9.84 Å². The summed E-state index contributed by atoms with van der Waals surface area (Å²) in [6.45, 7) is 3.91. The van der Waals surface area contributed by atoms with Crippen LogP contribution in [-0.4, -0.2) is 42.1 Å². The third-order valence-electron chi connectivity index (χ3n) is 4.77. The van der Waals surface area contributed by atoms with E-state index >= 15 is 0 Å². The Morgan fingerprint density at radius 3 is 2.34 bits per heavy atom. The van der Waals surface area contributed by atoms with E-state index in [4.69, 9.17) is 0 Å². The fourth-order valence-corrected chi connectivity index (χ4v) is 4.00. The number of nitrogens with one attached hydrogen (secondary N) is 1. The van der Waals surface area contributed by atoms with Crippen LogP contribution < -0.4 is 10.2 Å². The maximum Gasteiger partial charge on any atom is 0.419 e. The van der Waals surface area contributed by atoms with Crippen LogP contribution in [0.25, 0.3) is 0 Å². The van der Waals surface area contributed by atoms with Gasteiger partial charge in [-0.05, 0) is 44.5 Å². The van der Waals surface area contributed by atoms with Crippen molar-refractivity contribution in [1.29, 1.82) is 0 Å². The molecule has 1 amide bonds. The Kier molecular flexibility index (Phi) is 5.28. The molecule has 0 unspecified atom stereocenters. The van der Waals surface area contributed by atoms with Gasteiger partial charge in [-0.25, -0.2) is 18.4 Å². The third-order valence-corrected chi connectivity index (χ3v) is 7.17. The van der Waals surface area contributed by atoms with Crippen molar-refractivity contribution in [2.24, 2.45) is 0 Å². The molecule has 1 fully saturated rings. The Bertz CT molecular complexity index is 1020. The second kappa shape index (κ2) is 7.29. The Balaban J connectivity index is 1.86. The molecule has 3 rings (SSSR count).